The Kier molecular flexibility index (Phi) is 6.95. The molecular formula is C24H27NO4. The smallest absolute Gasteiger partial charge is 0.223 e. The molecule has 5 nitrogen and oxygen atoms in total. The number of hydrogen-bond acceptors (Lipinski definition) is 4. The molecule has 0 aliphatic rings. The third kappa shape index (κ3) is 5.41. The van der Waals surface area contributed by atoms with Crippen molar-refractivity contribution in [2.45, 2.75) is 26.3 Å². The Bertz CT molecular complexity index is 933. The number of aryl methyl sites for hydroxylation is 1. The van der Waals surface area contributed by atoms with Gasteiger partial charge in [-0.05, 0) is 36.8 Å². The van der Waals surface area contributed by atoms with Crippen LogP contribution in [0.2, 0.25) is 0 Å². The molecule has 1 heterocycles. The number of rotatable bonds is 9. The summed E-state index contributed by atoms with van der Waals surface area (Å²) in [7, 11) is 3.42. The van der Waals surface area contributed by atoms with Gasteiger partial charge in [-0.3, -0.25) is 4.79 Å². The molecular weight excluding hydrogens is 366 g/mol. The number of furan rings is 1. The average Bonchev–Trinajstić information content (AvgIpc) is 3.23. The number of nitrogens with zero attached hydrogens (tertiary/aromatic N) is 1. The first-order valence-electron chi connectivity index (χ1n) is 9.78. The molecule has 0 fully saturated rings. The summed E-state index contributed by atoms with van der Waals surface area (Å²) in [6.07, 6.45) is 0.967. The van der Waals surface area contributed by atoms with Gasteiger partial charge in [-0.2, -0.15) is 0 Å². The summed E-state index contributed by atoms with van der Waals surface area (Å²) < 4.78 is 16.8. The highest BCUT2D eigenvalue weighted by Gasteiger charge is 2.13. The monoisotopic (exact) mass is 393 g/mol. The lowest BCUT2D eigenvalue weighted by Gasteiger charge is -2.18. The second-order valence-electron chi connectivity index (χ2n) is 6.80. The van der Waals surface area contributed by atoms with E-state index < -0.39 is 0 Å². The van der Waals surface area contributed by atoms with E-state index in [2.05, 4.69) is 0 Å². The molecule has 1 aromatic heterocycles. The molecule has 3 rings (SSSR count). The first kappa shape index (κ1) is 20.5. The quantitative estimate of drug-likeness (QED) is 0.516. The lowest BCUT2D eigenvalue weighted by Crippen LogP contribution is -2.26. The van der Waals surface area contributed by atoms with Crippen LogP contribution in [0.3, 0.4) is 0 Å². The SMILES string of the molecule is CCOc1ccc(CN(C)C(=O)CCc2ccc(-c3ccccc3)o2)cc1OC. The van der Waals surface area contributed by atoms with Crippen molar-refractivity contribution < 1.29 is 18.7 Å². The van der Waals surface area contributed by atoms with Crippen molar-refractivity contribution in [1.29, 1.82) is 0 Å². The fourth-order valence-corrected chi connectivity index (χ4v) is 3.14. The van der Waals surface area contributed by atoms with Crippen molar-refractivity contribution in [2.75, 3.05) is 20.8 Å². The van der Waals surface area contributed by atoms with Crippen LogP contribution in [0.5, 0.6) is 11.5 Å². The van der Waals surface area contributed by atoms with Crippen LogP contribution in [-0.2, 0) is 17.8 Å². The van der Waals surface area contributed by atoms with E-state index >= 15 is 0 Å². The van der Waals surface area contributed by atoms with Gasteiger partial charge in [0.15, 0.2) is 11.5 Å². The Morgan fingerprint density at radius 1 is 1.03 bits per heavy atom. The van der Waals surface area contributed by atoms with E-state index in [-0.39, 0.29) is 5.91 Å². The number of ether oxygens (including phenoxy) is 2. The standard InChI is InChI=1S/C24H27NO4/c1-4-28-22-13-10-18(16-23(22)27-3)17-25(2)24(26)15-12-20-11-14-21(29-20)19-8-6-5-7-9-19/h5-11,13-14,16H,4,12,15,17H2,1-3H3. The predicted molar refractivity (Wildman–Crippen MR) is 113 cm³/mol. The third-order valence-corrected chi connectivity index (χ3v) is 4.68. The molecule has 0 aliphatic carbocycles. The summed E-state index contributed by atoms with van der Waals surface area (Å²) in [5, 5.41) is 0. The largest absolute Gasteiger partial charge is 0.493 e. The zero-order valence-electron chi connectivity index (χ0n) is 17.2. The number of benzene rings is 2. The van der Waals surface area contributed by atoms with Gasteiger partial charge in [0.05, 0.1) is 13.7 Å². The minimum atomic E-state index is 0.0653. The Hall–Kier alpha value is -3.21. The fourth-order valence-electron chi connectivity index (χ4n) is 3.14. The zero-order valence-corrected chi connectivity index (χ0v) is 17.2. The zero-order chi connectivity index (χ0) is 20.6. The van der Waals surface area contributed by atoms with Gasteiger partial charge in [-0.1, -0.05) is 36.4 Å². The minimum Gasteiger partial charge on any atom is -0.493 e. The van der Waals surface area contributed by atoms with Crippen LogP contribution >= 0.6 is 0 Å². The van der Waals surface area contributed by atoms with E-state index in [0.29, 0.717) is 37.5 Å². The highest BCUT2D eigenvalue weighted by Crippen LogP contribution is 2.28. The van der Waals surface area contributed by atoms with Crippen LogP contribution in [0.15, 0.2) is 65.1 Å². The van der Waals surface area contributed by atoms with E-state index in [0.717, 1.165) is 22.6 Å². The number of hydrogen-bond donors (Lipinski definition) is 0. The van der Waals surface area contributed by atoms with Crippen LogP contribution in [0.1, 0.15) is 24.7 Å². The Morgan fingerprint density at radius 3 is 2.55 bits per heavy atom. The second kappa shape index (κ2) is 9.82. The van der Waals surface area contributed by atoms with Gasteiger partial charge in [-0.25, -0.2) is 0 Å². The Balaban J connectivity index is 1.55. The van der Waals surface area contributed by atoms with E-state index in [1.54, 1.807) is 12.0 Å². The molecule has 0 atom stereocenters. The van der Waals surface area contributed by atoms with Crippen molar-refractivity contribution >= 4 is 5.91 Å². The molecule has 29 heavy (non-hydrogen) atoms. The van der Waals surface area contributed by atoms with E-state index in [1.807, 2.05) is 74.6 Å². The van der Waals surface area contributed by atoms with Crippen molar-refractivity contribution in [1.82, 2.24) is 4.90 Å². The first-order valence-corrected chi connectivity index (χ1v) is 9.78. The van der Waals surface area contributed by atoms with Crippen molar-refractivity contribution in [3.8, 4) is 22.8 Å². The van der Waals surface area contributed by atoms with Gasteiger partial charge in [0.1, 0.15) is 11.5 Å². The van der Waals surface area contributed by atoms with Gasteiger partial charge in [0.2, 0.25) is 5.91 Å². The molecule has 152 valence electrons. The lowest BCUT2D eigenvalue weighted by atomic mass is 10.1. The van der Waals surface area contributed by atoms with Crippen molar-refractivity contribution in [2.24, 2.45) is 0 Å². The Morgan fingerprint density at radius 2 is 1.83 bits per heavy atom. The van der Waals surface area contributed by atoms with Crippen LogP contribution in [0.4, 0.5) is 0 Å². The molecule has 0 unspecified atom stereocenters. The first-order chi connectivity index (χ1) is 14.1. The molecule has 0 radical (unpaired) electrons. The molecule has 3 aromatic rings. The molecule has 0 spiro atoms. The number of carbonyl (C=O) groups excluding carboxylic acids is 1. The van der Waals surface area contributed by atoms with Crippen molar-refractivity contribution in [3.63, 3.8) is 0 Å². The third-order valence-electron chi connectivity index (χ3n) is 4.68. The maximum absolute atomic E-state index is 12.5. The fraction of sp³-hybridized carbons (Fsp3) is 0.292. The maximum atomic E-state index is 12.5. The highest BCUT2D eigenvalue weighted by atomic mass is 16.5. The maximum Gasteiger partial charge on any atom is 0.223 e. The Labute approximate surface area is 171 Å². The van der Waals surface area contributed by atoms with Gasteiger partial charge in [0.25, 0.3) is 0 Å². The van der Waals surface area contributed by atoms with E-state index in [1.165, 1.54) is 0 Å². The summed E-state index contributed by atoms with van der Waals surface area (Å²) in [5.41, 5.74) is 2.03. The summed E-state index contributed by atoms with van der Waals surface area (Å²) in [4.78, 5) is 14.3. The molecule has 5 heteroatoms. The molecule has 1 amide bonds. The molecule has 0 saturated carbocycles. The van der Waals surface area contributed by atoms with Gasteiger partial charge in [0, 0.05) is 32.0 Å². The van der Waals surface area contributed by atoms with Crippen LogP contribution in [-0.4, -0.2) is 31.6 Å². The normalized spacial score (nSPS) is 10.6. The van der Waals surface area contributed by atoms with Crippen LogP contribution in [0, 0.1) is 0 Å². The van der Waals surface area contributed by atoms with Gasteiger partial charge >= 0.3 is 0 Å². The summed E-state index contributed by atoms with van der Waals surface area (Å²) in [6.45, 7) is 3.02. The molecule has 0 bridgehead atoms. The molecule has 0 N–H and O–H groups in total. The minimum absolute atomic E-state index is 0.0653. The van der Waals surface area contributed by atoms with Crippen LogP contribution in [0.25, 0.3) is 11.3 Å². The van der Waals surface area contributed by atoms with Crippen molar-refractivity contribution in [3.05, 3.63) is 72.0 Å². The van der Waals surface area contributed by atoms with E-state index in [4.69, 9.17) is 13.9 Å². The van der Waals surface area contributed by atoms with Crippen LogP contribution < -0.4 is 9.47 Å². The summed E-state index contributed by atoms with van der Waals surface area (Å²) in [5.74, 6) is 3.08. The molecule has 0 aliphatic heterocycles. The van der Waals surface area contributed by atoms with Gasteiger partial charge < -0.3 is 18.8 Å². The van der Waals surface area contributed by atoms with Gasteiger partial charge in [-0.15, -0.1) is 0 Å². The van der Waals surface area contributed by atoms with E-state index in [9.17, 15) is 4.79 Å². The topological polar surface area (TPSA) is 51.9 Å². The summed E-state index contributed by atoms with van der Waals surface area (Å²) >= 11 is 0. The summed E-state index contributed by atoms with van der Waals surface area (Å²) in [6, 6.07) is 19.6. The number of amides is 1. The lowest BCUT2D eigenvalue weighted by molar-refractivity contribution is -0.130. The molecule has 0 saturated heterocycles. The number of methoxy groups -OCH3 is 1. The molecule has 2 aromatic carbocycles. The number of carbonyl (C=O) groups is 1. The highest BCUT2D eigenvalue weighted by molar-refractivity contribution is 5.76. The second-order valence-corrected chi connectivity index (χ2v) is 6.80. The average molecular weight is 393 g/mol. The predicted octanol–water partition coefficient (Wildman–Crippen LogP) is 4.95.